The number of aromatic nitrogens is 2. The number of benzene rings is 2. The van der Waals surface area contributed by atoms with Gasteiger partial charge in [-0.2, -0.15) is 4.98 Å². The van der Waals surface area contributed by atoms with E-state index in [0.717, 1.165) is 5.75 Å². The van der Waals surface area contributed by atoms with Crippen molar-refractivity contribution in [1.82, 2.24) is 15.5 Å². The van der Waals surface area contributed by atoms with Gasteiger partial charge in [0, 0.05) is 11.8 Å². The monoisotopic (exact) mass is 413 g/mol. The summed E-state index contributed by atoms with van der Waals surface area (Å²) in [5, 5.41) is 6.77. The second kappa shape index (κ2) is 9.97. The Morgan fingerprint density at radius 1 is 1.14 bits per heavy atom. The molecule has 0 aliphatic rings. The Hall–Kier alpha value is -3.00. The molecule has 3 aromatic rings. The first-order valence-corrected chi connectivity index (χ1v) is 10.2. The predicted octanol–water partition coefficient (Wildman–Crippen LogP) is 3.61. The number of carbonyl (C=O) groups excluding carboxylic acids is 1. The van der Waals surface area contributed by atoms with Crippen molar-refractivity contribution in [2.75, 3.05) is 20.0 Å². The molecular formula is C21H23N3O4S. The molecule has 2 aromatic carbocycles. The van der Waals surface area contributed by atoms with Gasteiger partial charge in [0.05, 0.1) is 32.1 Å². The Morgan fingerprint density at radius 3 is 2.66 bits per heavy atom. The van der Waals surface area contributed by atoms with Gasteiger partial charge in [-0.15, -0.1) is 11.8 Å². The summed E-state index contributed by atoms with van der Waals surface area (Å²) in [6.07, 6.45) is 0. The molecule has 0 saturated carbocycles. The van der Waals surface area contributed by atoms with Crippen LogP contribution in [0.2, 0.25) is 0 Å². The molecule has 0 radical (unpaired) electrons. The van der Waals surface area contributed by atoms with E-state index in [1.807, 2.05) is 0 Å². The van der Waals surface area contributed by atoms with E-state index in [4.69, 9.17) is 14.0 Å². The summed E-state index contributed by atoms with van der Waals surface area (Å²) in [5.41, 5.74) is 3.11. The van der Waals surface area contributed by atoms with E-state index < -0.39 is 0 Å². The number of carbonyl (C=O) groups is 1. The van der Waals surface area contributed by atoms with Gasteiger partial charge in [0.2, 0.25) is 17.6 Å². The van der Waals surface area contributed by atoms with Crippen LogP contribution in [0.25, 0.3) is 11.4 Å². The van der Waals surface area contributed by atoms with Crippen molar-refractivity contribution in [2.24, 2.45) is 0 Å². The van der Waals surface area contributed by atoms with E-state index in [1.165, 1.54) is 11.1 Å². The van der Waals surface area contributed by atoms with Crippen molar-refractivity contribution in [3.05, 3.63) is 59.5 Å². The number of rotatable bonds is 9. The summed E-state index contributed by atoms with van der Waals surface area (Å²) in [4.78, 5) is 16.4. The molecule has 1 aromatic heterocycles. The van der Waals surface area contributed by atoms with Crippen LogP contribution in [0, 0.1) is 6.92 Å². The molecule has 0 bridgehead atoms. The number of hydrogen-bond donors (Lipinski definition) is 1. The van der Waals surface area contributed by atoms with Gasteiger partial charge in [0.15, 0.2) is 0 Å². The normalized spacial score (nSPS) is 10.6. The summed E-state index contributed by atoms with van der Waals surface area (Å²) >= 11 is 1.56. The van der Waals surface area contributed by atoms with Crippen molar-refractivity contribution in [1.29, 1.82) is 0 Å². The molecule has 0 aliphatic carbocycles. The lowest BCUT2D eigenvalue weighted by atomic mass is 10.2. The first kappa shape index (κ1) is 20.7. The van der Waals surface area contributed by atoms with E-state index in [9.17, 15) is 4.79 Å². The van der Waals surface area contributed by atoms with E-state index in [0.29, 0.717) is 34.5 Å². The van der Waals surface area contributed by atoms with Crippen molar-refractivity contribution in [2.45, 2.75) is 19.2 Å². The largest absolute Gasteiger partial charge is 0.497 e. The third-order valence-electron chi connectivity index (χ3n) is 4.18. The maximum Gasteiger partial charge on any atom is 0.246 e. The zero-order valence-corrected chi connectivity index (χ0v) is 17.4. The molecule has 8 heteroatoms. The van der Waals surface area contributed by atoms with Gasteiger partial charge in [-0.1, -0.05) is 35.0 Å². The van der Waals surface area contributed by atoms with Gasteiger partial charge in [0.25, 0.3) is 0 Å². The van der Waals surface area contributed by atoms with Crippen LogP contribution in [-0.4, -0.2) is 36.0 Å². The third-order valence-corrected chi connectivity index (χ3v) is 5.18. The number of nitrogens with zero attached hydrogens (tertiary/aromatic N) is 2. The molecule has 1 heterocycles. The van der Waals surface area contributed by atoms with Crippen LogP contribution in [0.1, 0.15) is 17.0 Å². The first-order valence-electron chi connectivity index (χ1n) is 9.04. The van der Waals surface area contributed by atoms with Gasteiger partial charge < -0.3 is 19.3 Å². The lowest BCUT2D eigenvalue weighted by Crippen LogP contribution is -2.24. The van der Waals surface area contributed by atoms with Gasteiger partial charge >= 0.3 is 0 Å². The molecule has 152 valence electrons. The summed E-state index contributed by atoms with van der Waals surface area (Å²) in [6.45, 7) is 2.23. The van der Waals surface area contributed by atoms with Crippen LogP contribution >= 0.6 is 11.8 Å². The standard InChI is InChI=1S/C21H23N3O4S/c1-14-4-6-15(7-5-14)12-29-13-19(25)22-11-20-23-21(24-28-20)17-9-8-16(26-2)10-18(17)27-3/h4-10H,11-13H2,1-3H3,(H,22,25). The highest BCUT2D eigenvalue weighted by molar-refractivity contribution is 7.99. The summed E-state index contributed by atoms with van der Waals surface area (Å²) < 4.78 is 15.8. The number of hydrogen-bond acceptors (Lipinski definition) is 7. The zero-order valence-electron chi connectivity index (χ0n) is 16.6. The second-order valence-electron chi connectivity index (χ2n) is 6.33. The van der Waals surface area contributed by atoms with Gasteiger partial charge in [-0.3, -0.25) is 4.79 Å². The minimum absolute atomic E-state index is 0.0797. The second-order valence-corrected chi connectivity index (χ2v) is 7.32. The predicted molar refractivity (Wildman–Crippen MR) is 112 cm³/mol. The zero-order chi connectivity index (χ0) is 20.6. The Balaban J connectivity index is 1.50. The van der Waals surface area contributed by atoms with Crippen molar-refractivity contribution in [3.8, 4) is 22.9 Å². The van der Waals surface area contributed by atoms with E-state index in [2.05, 4.69) is 46.6 Å². The average molecular weight is 413 g/mol. The maximum absolute atomic E-state index is 12.1. The van der Waals surface area contributed by atoms with Crippen LogP contribution in [0.3, 0.4) is 0 Å². The third kappa shape index (κ3) is 5.74. The Labute approximate surface area is 173 Å². The lowest BCUT2D eigenvalue weighted by Gasteiger charge is -2.07. The minimum Gasteiger partial charge on any atom is -0.497 e. The van der Waals surface area contributed by atoms with Crippen molar-refractivity contribution in [3.63, 3.8) is 0 Å². The molecule has 0 spiro atoms. The number of thioether (sulfide) groups is 1. The number of nitrogens with one attached hydrogen (secondary N) is 1. The summed E-state index contributed by atoms with van der Waals surface area (Å²) in [6, 6.07) is 13.6. The van der Waals surface area contributed by atoms with E-state index in [1.54, 1.807) is 44.2 Å². The fourth-order valence-electron chi connectivity index (χ4n) is 2.59. The molecule has 7 nitrogen and oxygen atoms in total. The first-order chi connectivity index (χ1) is 14.1. The lowest BCUT2D eigenvalue weighted by molar-refractivity contribution is -0.118. The fraction of sp³-hybridized carbons (Fsp3) is 0.286. The van der Waals surface area contributed by atoms with E-state index in [-0.39, 0.29) is 12.5 Å². The average Bonchev–Trinajstić information content (AvgIpc) is 3.22. The van der Waals surface area contributed by atoms with Crippen LogP contribution in [0.5, 0.6) is 11.5 Å². The molecule has 29 heavy (non-hydrogen) atoms. The Bertz CT molecular complexity index is 957. The van der Waals surface area contributed by atoms with E-state index >= 15 is 0 Å². The minimum atomic E-state index is -0.0797. The quantitative estimate of drug-likeness (QED) is 0.573. The highest BCUT2D eigenvalue weighted by Crippen LogP contribution is 2.31. The van der Waals surface area contributed by atoms with Gasteiger partial charge in [0.1, 0.15) is 11.5 Å². The van der Waals surface area contributed by atoms with Crippen LogP contribution in [0.15, 0.2) is 47.0 Å². The molecule has 0 saturated heterocycles. The Kier molecular flexibility index (Phi) is 7.13. The Morgan fingerprint density at radius 2 is 1.93 bits per heavy atom. The molecule has 1 N–H and O–H groups in total. The maximum atomic E-state index is 12.1. The molecule has 3 rings (SSSR count). The smallest absolute Gasteiger partial charge is 0.246 e. The molecular weight excluding hydrogens is 390 g/mol. The fourth-order valence-corrected chi connectivity index (χ4v) is 3.41. The number of amides is 1. The topological polar surface area (TPSA) is 86.5 Å². The SMILES string of the molecule is COc1ccc(-c2noc(CNC(=O)CSCc3ccc(C)cc3)n2)c(OC)c1. The van der Waals surface area contributed by atoms with Crippen LogP contribution in [0.4, 0.5) is 0 Å². The summed E-state index contributed by atoms with van der Waals surface area (Å²) in [5.74, 6) is 3.04. The molecule has 0 aliphatic heterocycles. The number of aryl methyl sites for hydroxylation is 1. The summed E-state index contributed by atoms with van der Waals surface area (Å²) in [7, 11) is 3.15. The molecule has 0 fully saturated rings. The van der Waals surface area contributed by atoms with Gasteiger partial charge in [-0.05, 0) is 24.6 Å². The number of ether oxygens (including phenoxy) is 2. The molecule has 0 unspecified atom stereocenters. The van der Waals surface area contributed by atoms with Gasteiger partial charge in [-0.25, -0.2) is 0 Å². The molecule has 1 amide bonds. The number of methoxy groups -OCH3 is 2. The van der Waals surface area contributed by atoms with Crippen LogP contribution < -0.4 is 14.8 Å². The highest BCUT2D eigenvalue weighted by Gasteiger charge is 2.15. The molecule has 0 atom stereocenters. The van der Waals surface area contributed by atoms with Crippen LogP contribution in [-0.2, 0) is 17.1 Å². The van der Waals surface area contributed by atoms with Crippen molar-refractivity contribution < 1.29 is 18.8 Å². The highest BCUT2D eigenvalue weighted by atomic mass is 32.2. The van der Waals surface area contributed by atoms with Crippen molar-refractivity contribution >= 4 is 17.7 Å².